The number of rotatable bonds is 7. The van der Waals surface area contributed by atoms with Crippen LogP contribution < -0.4 is 10.6 Å². The Morgan fingerprint density at radius 3 is 2.53 bits per heavy atom. The lowest BCUT2D eigenvalue weighted by atomic mass is 10.1. The third kappa shape index (κ3) is 4.67. The van der Waals surface area contributed by atoms with Crippen LogP contribution in [0.4, 0.5) is 0 Å². The second kappa shape index (κ2) is 7.94. The van der Waals surface area contributed by atoms with E-state index in [0.29, 0.717) is 11.4 Å². The van der Waals surface area contributed by atoms with Crippen LogP contribution in [0.25, 0.3) is 0 Å². The minimum atomic E-state index is -0.159. The van der Waals surface area contributed by atoms with Crippen molar-refractivity contribution in [2.24, 2.45) is 0 Å². The molecule has 1 rings (SSSR count). The molecule has 0 spiro atoms. The van der Waals surface area contributed by atoms with Gasteiger partial charge in [0.25, 0.3) is 5.91 Å². The molecule has 0 aliphatic carbocycles. The predicted molar refractivity (Wildman–Crippen MR) is 78.7 cm³/mol. The van der Waals surface area contributed by atoms with Crippen LogP contribution in [-0.4, -0.2) is 24.9 Å². The molecule has 0 fully saturated rings. The van der Waals surface area contributed by atoms with E-state index in [2.05, 4.69) is 24.5 Å². The fourth-order valence-electron chi connectivity index (χ4n) is 1.82. The highest BCUT2D eigenvalue weighted by atomic mass is 32.1. The molecule has 0 aliphatic rings. The van der Waals surface area contributed by atoms with E-state index >= 15 is 0 Å². The van der Waals surface area contributed by atoms with Crippen molar-refractivity contribution < 1.29 is 9.59 Å². The van der Waals surface area contributed by atoms with Gasteiger partial charge in [-0.25, -0.2) is 0 Å². The molecule has 0 saturated carbocycles. The van der Waals surface area contributed by atoms with Crippen LogP contribution in [0, 0.1) is 0 Å². The fourth-order valence-corrected chi connectivity index (χ4v) is 3.10. The SMILES string of the molecule is CCCc1sc(C(=O)NCC(=O)NCC)cc1CC. The van der Waals surface area contributed by atoms with Gasteiger partial charge in [-0.05, 0) is 31.4 Å². The standard InChI is InChI=1S/C14H22N2O2S/c1-4-7-11-10(5-2)8-12(19-11)14(18)16-9-13(17)15-6-3/h8H,4-7,9H2,1-3H3,(H,15,17)(H,16,18). The molecule has 0 bridgehead atoms. The van der Waals surface area contributed by atoms with E-state index in [1.165, 1.54) is 21.8 Å². The van der Waals surface area contributed by atoms with Crippen LogP contribution in [0.1, 0.15) is 47.3 Å². The average Bonchev–Trinajstić information content (AvgIpc) is 2.80. The number of carbonyl (C=O) groups is 2. The van der Waals surface area contributed by atoms with E-state index in [1.54, 1.807) is 0 Å². The van der Waals surface area contributed by atoms with Gasteiger partial charge in [0.05, 0.1) is 11.4 Å². The van der Waals surface area contributed by atoms with Crippen molar-refractivity contribution in [3.05, 3.63) is 21.4 Å². The average molecular weight is 282 g/mol. The minimum absolute atomic E-state index is 0.0368. The number of likely N-dealkylation sites (N-methyl/N-ethyl adjacent to an activating group) is 1. The first-order chi connectivity index (χ1) is 9.12. The number of thiophene rings is 1. The molecule has 19 heavy (non-hydrogen) atoms. The van der Waals surface area contributed by atoms with E-state index < -0.39 is 0 Å². The molecular weight excluding hydrogens is 260 g/mol. The first-order valence-electron chi connectivity index (χ1n) is 6.78. The van der Waals surface area contributed by atoms with Crippen molar-refractivity contribution >= 4 is 23.2 Å². The molecule has 2 amide bonds. The van der Waals surface area contributed by atoms with E-state index in [1.807, 2.05) is 13.0 Å². The summed E-state index contributed by atoms with van der Waals surface area (Å²) in [6, 6.07) is 1.95. The van der Waals surface area contributed by atoms with Crippen molar-refractivity contribution in [2.75, 3.05) is 13.1 Å². The molecule has 1 heterocycles. The highest BCUT2D eigenvalue weighted by Gasteiger charge is 2.13. The summed E-state index contributed by atoms with van der Waals surface area (Å²) in [4.78, 5) is 25.2. The monoisotopic (exact) mass is 282 g/mol. The quantitative estimate of drug-likeness (QED) is 0.805. The lowest BCUT2D eigenvalue weighted by Gasteiger charge is -2.03. The molecule has 1 aromatic heterocycles. The number of aryl methyl sites for hydroxylation is 2. The molecule has 0 radical (unpaired) electrons. The summed E-state index contributed by atoms with van der Waals surface area (Å²) in [5.74, 6) is -0.315. The van der Waals surface area contributed by atoms with Crippen LogP contribution in [0.15, 0.2) is 6.07 Å². The molecule has 0 aliphatic heterocycles. The zero-order chi connectivity index (χ0) is 14.3. The Labute approximate surface area is 118 Å². The zero-order valence-electron chi connectivity index (χ0n) is 11.8. The number of hydrogen-bond acceptors (Lipinski definition) is 3. The Bertz CT molecular complexity index is 441. The maximum atomic E-state index is 12.0. The van der Waals surface area contributed by atoms with Crippen LogP contribution in [-0.2, 0) is 17.6 Å². The van der Waals surface area contributed by atoms with E-state index in [9.17, 15) is 9.59 Å². The van der Waals surface area contributed by atoms with Crippen molar-refractivity contribution in [3.8, 4) is 0 Å². The van der Waals surface area contributed by atoms with Gasteiger partial charge in [0.1, 0.15) is 0 Å². The van der Waals surface area contributed by atoms with E-state index in [4.69, 9.17) is 0 Å². The smallest absolute Gasteiger partial charge is 0.261 e. The van der Waals surface area contributed by atoms with Crippen LogP contribution >= 0.6 is 11.3 Å². The van der Waals surface area contributed by atoms with E-state index in [-0.39, 0.29) is 18.4 Å². The summed E-state index contributed by atoms with van der Waals surface area (Å²) in [7, 11) is 0. The number of hydrogen-bond donors (Lipinski definition) is 2. The first-order valence-corrected chi connectivity index (χ1v) is 7.60. The lowest BCUT2D eigenvalue weighted by molar-refractivity contribution is -0.120. The summed E-state index contributed by atoms with van der Waals surface area (Å²) >= 11 is 1.54. The van der Waals surface area contributed by atoms with Crippen LogP contribution in [0.3, 0.4) is 0 Å². The fraction of sp³-hybridized carbons (Fsp3) is 0.571. The molecular formula is C14H22N2O2S. The van der Waals surface area contributed by atoms with Gasteiger partial charge in [0.2, 0.25) is 5.91 Å². The van der Waals surface area contributed by atoms with Crippen molar-refractivity contribution in [2.45, 2.75) is 40.0 Å². The second-order valence-corrected chi connectivity index (χ2v) is 5.44. The van der Waals surface area contributed by atoms with Gasteiger partial charge in [-0.3, -0.25) is 9.59 Å². The van der Waals surface area contributed by atoms with Gasteiger partial charge in [-0.2, -0.15) is 0 Å². The lowest BCUT2D eigenvalue weighted by Crippen LogP contribution is -2.36. The molecule has 1 aromatic rings. The third-order valence-electron chi connectivity index (χ3n) is 2.76. The summed E-state index contributed by atoms with van der Waals surface area (Å²) < 4.78 is 0. The van der Waals surface area contributed by atoms with Crippen molar-refractivity contribution in [1.82, 2.24) is 10.6 Å². The third-order valence-corrected chi connectivity index (χ3v) is 4.00. The topological polar surface area (TPSA) is 58.2 Å². The summed E-state index contributed by atoms with van der Waals surface area (Å²) in [6.07, 6.45) is 3.03. The first kappa shape index (κ1) is 15.7. The predicted octanol–water partition coefficient (Wildman–Crippen LogP) is 2.13. The Kier molecular flexibility index (Phi) is 6.56. The molecule has 5 heteroatoms. The van der Waals surface area contributed by atoms with Gasteiger partial charge < -0.3 is 10.6 Å². The molecule has 0 saturated heterocycles. The normalized spacial score (nSPS) is 10.3. The maximum Gasteiger partial charge on any atom is 0.261 e. The maximum absolute atomic E-state index is 12.0. The van der Waals surface area contributed by atoms with Gasteiger partial charge in [0, 0.05) is 11.4 Å². The molecule has 2 N–H and O–H groups in total. The van der Waals surface area contributed by atoms with Crippen molar-refractivity contribution in [3.63, 3.8) is 0 Å². The van der Waals surface area contributed by atoms with Gasteiger partial charge in [-0.1, -0.05) is 20.3 Å². The second-order valence-electron chi connectivity index (χ2n) is 4.30. The van der Waals surface area contributed by atoms with Crippen LogP contribution in [0.5, 0.6) is 0 Å². The molecule has 4 nitrogen and oxygen atoms in total. The largest absolute Gasteiger partial charge is 0.355 e. The molecule has 0 atom stereocenters. The summed E-state index contributed by atoms with van der Waals surface area (Å²) in [6.45, 7) is 6.69. The Morgan fingerprint density at radius 2 is 1.95 bits per heavy atom. The molecule has 0 unspecified atom stereocenters. The van der Waals surface area contributed by atoms with Gasteiger partial charge in [-0.15, -0.1) is 11.3 Å². The number of nitrogens with one attached hydrogen (secondary N) is 2. The van der Waals surface area contributed by atoms with E-state index in [0.717, 1.165) is 19.3 Å². The molecule has 106 valence electrons. The van der Waals surface area contributed by atoms with Gasteiger partial charge in [0.15, 0.2) is 0 Å². The number of carbonyl (C=O) groups excluding carboxylic acids is 2. The minimum Gasteiger partial charge on any atom is -0.355 e. The Balaban J connectivity index is 2.64. The Morgan fingerprint density at radius 1 is 1.21 bits per heavy atom. The van der Waals surface area contributed by atoms with Gasteiger partial charge >= 0.3 is 0 Å². The zero-order valence-corrected chi connectivity index (χ0v) is 12.7. The highest BCUT2D eigenvalue weighted by Crippen LogP contribution is 2.24. The van der Waals surface area contributed by atoms with Crippen LogP contribution in [0.2, 0.25) is 0 Å². The molecule has 0 aromatic carbocycles. The highest BCUT2D eigenvalue weighted by molar-refractivity contribution is 7.14. The number of amides is 2. The summed E-state index contributed by atoms with van der Waals surface area (Å²) in [5, 5.41) is 5.30. The Hall–Kier alpha value is -1.36. The van der Waals surface area contributed by atoms with Crippen molar-refractivity contribution in [1.29, 1.82) is 0 Å². The summed E-state index contributed by atoms with van der Waals surface area (Å²) in [5.41, 5.74) is 1.25.